The number of nitrogens with zero attached hydrogens (tertiary/aromatic N) is 2. The Morgan fingerprint density at radius 1 is 1.19 bits per heavy atom. The summed E-state index contributed by atoms with van der Waals surface area (Å²) in [5.41, 5.74) is 1.16. The van der Waals surface area contributed by atoms with Gasteiger partial charge in [0.15, 0.2) is 0 Å². The molecule has 2 aliphatic rings. The Hall–Kier alpha value is -2.97. The molecule has 1 spiro atoms. The van der Waals surface area contributed by atoms with Gasteiger partial charge in [-0.05, 0) is 44.0 Å². The summed E-state index contributed by atoms with van der Waals surface area (Å²) in [5.74, 6) is 0.364. The molecule has 3 heterocycles. The van der Waals surface area contributed by atoms with Gasteiger partial charge in [-0.2, -0.15) is 0 Å². The summed E-state index contributed by atoms with van der Waals surface area (Å²) in [4.78, 5) is 38.1. The summed E-state index contributed by atoms with van der Waals surface area (Å²) in [6.07, 6.45) is 2.21. The Balaban J connectivity index is 0.000000913. The average molecular weight is 443 g/mol. The van der Waals surface area contributed by atoms with E-state index >= 15 is 0 Å². The molecule has 1 aromatic heterocycles. The first-order valence-corrected chi connectivity index (χ1v) is 10.7. The molecule has 32 heavy (non-hydrogen) atoms. The fourth-order valence-electron chi connectivity index (χ4n) is 4.42. The monoisotopic (exact) mass is 442 g/mol. The van der Waals surface area contributed by atoms with Crippen molar-refractivity contribution in [3.05, 3.63) is 69.3 Å². The number of likely N-dealkylation sites (tertiary alicyclic amines) is 1. The van der Waals surface area contributed by atoms with E-state index in [4.69, 9.17) is 19.1 Å². The van der Waals surface area contributed by atoms with Crippen LogP contribution in [0.3, 0.4) is 0 Å². The SMILES string of the molecule is Cc1cc(CCc2ccccc2)oc(=O)c1C(=O)N1CCC2(CN(C)CCO2)C1.O=CO. The van der Waals surface area contributed by atoms with Gasteiger partial charge in [0.1, 0.15) is 16.9 Å². The molecule has 8 nitrogen and oxygen atoms in total. The van der Waals surface area contributed by atoms with Crippen molar-refractivity contribution < 1.29 is 23.8 Å². The average Bonchev–Trinajstić information content (AvgIpc) is 3.16. The molecule has 0 aliphatic carbocycles. The predicted octanol–water partition coefficient (Wildman–Crippen LogP) is 1.98. The number of amides is 1. The van der Waals surface area contributed by atoms with Crippen molar-refractivity contribution in [1.82, 2.24) is 9.80 Å². The van der Waals surface area contributed by atoms with E-state index < -0.39 is 5.63 Å². The van der Waals surface area contributed by atoms with Crippen LogP contribution >= 0.6 is 0 Å². The molecule has 4 rings (SSSR count). The topological polar surface area (TPSA) is 100 Å². The molecule has 1 atom stereocenters. The second kappa shape index (κ2) is 10.6. The molecule has 1 amide bonds. The molecule has 2 aliphatic heterocycles. The van der Waals surface area contributed by atoms with Crippen LogP contribution in [0.4, 0.5) is 0 Å². The lowest BCUT2D eigenvalue weighted by Gasteiger charge is -2.38. The minimum atomic E-state index is -0.541. The highest BCUT2D eigenvalue weighted by atomic mass is 16.5. The third-order valence-corrected chi connectivity index (χ3v) is 5.96. The van der Waals surface area contributed by atoms with Crippen molar-refractivity contribution in [2.24, 2.45) is 0 Å². The molecule has 8 heteroatoms. The second-order valence-electron chi connectivity index (χ2n) is 8.40. The summed E-state index contributed by atoms with van der Waals surface area (Å²) in [7, 11) is 2.07. The Labute approximate surface area is 187 Å². The maximum Gasteiger partial charge on any atom is 0.349 e. The molecule has 1 unspecified atom stereocenters. The third kappa shape index (κ3) is 5.63. The first-order chi connectivity index (χ1) is 15.4. The summed E-state index contributed by atoms with van der Waals surface area (Å²) in [6, 6.07) is 11.9. The molecule has 0 radical (unpaired) electrons. The van der Waals surface area contributed by atoms with Crippen LogP contribution < -0.4 is 5.63 Å². The molecule has 2 fully saturated rings. The molecule has 0 saturated carbocycles. The number of morpholine rings is 1. The fourth-order valence-corrected chi connectivity index (χ4v) is 4.42. The van der Waals surface area contributed by atoms with Gasteiger partial charge in [-0.15, -0.1) is 0 Å². The van der Waals surface area contributed by atoms with Gasteiger partial charge in [-0.25, -0.2) is 4.79 Å². The highest BCUT2D eigenvalue weighted by Gasteiger charge is 2.44. The summed E-state index contributed by atoms with van der Waals surface area (Å²) >= 11 is 0. The standard InChI is InChI=1S/C23H28N2O4.CH2O2/c1-17-14-19(9-8-18-6-4-3-5-7-18)29-22(27)20(17)21(26)25-11-10-23(16-25)15-24(2)12-13-28-23;2-1-3/h3-7,14H,8-13,15-16H2,1-2H3;1H,(H,2,3). The molecule has 1 N–H and O–H groups in total. The lowest BCUT2D eigenvalue weighted by atomic mass is 10.0. The molecule has 172 valence electrons. The number of aryl methyl sites for hydroxylation is 3. The van der Waals surface area contributed by atoms with Crippen LogP contribution in [0.25, 0.3) is 0 Å². The Bertz CT molecular complexity index is 990. The molecule has 2 aromatic rings. The zero-order valence-corrected chi connectivity index (χ0v) is 18.6. The van der Waals surface area contributed by atoms with Crippen molar-refractivity contribution in [1.29, 1.82) is 0 Å². The van der Waals surface area contributed by atoms with Crippen molar-refractivity contribution in [3.8, 4) is 0 Å². The van der Waals surface area contributed by atoms with E-state index in [0.717, 1.165) is 25.9 Å². The zero-order chi connectivity index (χ0) is 23.1. The Kier molecular flexibility index (Phi) is 7.82. The highest BCUT2D eigenvalue weighted by molar-refractivity contribution is 5.95. The van der Waals surface area contributed by atoms with Crippen LogP contribution in [0.1, 0.15) is 33.7 Å². The number of carbonyl (C=O) groups is 2. The van der Waals surface area contributed by atoms with Gasteiger partial charge in [-0.3, -0.25) is 9.59 Å². The number of hydrogen-bond acceptors (Lipinski definition) is 6. The minimum Gasteiger partial charge on any atom is -0.483 e. The molecule has 1 aromatic carbocycles. The van der Waals surface area contributed by atoms with Crippen LogP contribution in [0.2, 0.25) is 0 Å². The van der Waals surface area contributed by atoms with E-state index in [1.54, 1.807) is 4.90 Å². The van der Waals surface area contributed by atoms with Crippen LogP contribution in [0.5, 0.6) is 0 Å². The van der Waals surface area contributed by atoms with Crippen LogP contribution in [-0.4, -0.2) is 72.7 Å². The summed E-state index contributed by atoms with van der Waals surface area (Å²) in [6.45, 7) is 5.07. The van der Waals surface area contributed by atoms with Crippen LogP contribution in [0.15, 0.2) is 45.6 Å². The third-order valence-electron chi connectivity index (χ3n) is 5.96. The molecule has 0 bridgehead atoms. The maximum absolute atomic E-state index is 13.1. The normalized spacial score (nSPS) is 20.6. The molecular weight excluding hydrogens is 412 g/mol. The van der Waals surface area contributed by atoms with Crippen molar-refractivity contribution in [2.75, 3.05) is 39.8 Å². The maximum atomic E-state index is 13.1. The highest BCUT2D eigenvalue weighted by Crippen LogP contribution is 2.29. The Morgan fingerprint density at radius 3 is 2.56 bits per heavy atom. The lowest BCUT2D eigenvalue weighted by Crippen LogP contribution is -2.52. The van der Waals surface area contributed by atoms with Gasteiger partial charge < -0.3 is 24.1 Å². The lowest BCUT2D eigenvalue weighted by molar-refractivity contribution is -0.122. The molecular formula is C24H30N2O6. The van der Waals surface area contributed by atoms with Crippen LogP contribution in [-0.2, 0) is 22.4 Å². The number of rotatable bonds is 4. The number of carbonyl (C=O) groups excluding carboxylic acids is 1. The van der Waals surface area contributed by atoms with Gasteiger partial charge in [0.2, 0.25) is 0 Å². The number of likely N-dealkylation sites (N-methyl/N-ethyl adjacent to an activating group) is 1. The van der Waals surface area contributed by atoms with E-state index in [2.05, 4.69) is 24.1 Å². The fraction of sp³-hybridized carbons (Fsp3) is 0.458. The summed E-state index contributed by atoms with van der Waals surface area (Å²) < 4.78 is 11.5. The first-order valence-electron chi connectivity index (χ1n) is 10.7. The van der Waals surface area contributed by atoms with E-state index in [-0.39, 0.29) is 23.5 Å². The predicted molar refractivity (Wildman–Crippen MR) is 119 cm³/mol. The van der Waals surface area contributed by atoms with E-state index in [0.29, 0.717) is 37.4 Å². The van der Waals surface area contributed by atoms with Gasteiger partial charge in [-0.1, -0.05) is 30.3 Å². The van der Waals surface area contributed by atoms with Gasteiger partial charge in [0.05, 0.1) is 13.2 Å². The quantitative estimate of drug-likeness (QED) is 0.723. The van der Waals surface area contributed by atoms with E-state index in [1.165, 1.54) is 5.56 Å². The number of carboxylic acid groups (broad SMARTS) is 1. The summed E-state index contributed by atoms with van der Waals surface area (Å²) in [5, 5.41) is 6.89. The number of benzene rings is 1. The zero-order valence-electron chi connectivity index (χ0n) is 18.6. The molecule has 2 saturated heterocycles. The van der Waals surface area contributed by atoms with E-state index in [1.807, 2.05) is 31.2 Å². The number of ether oxygens (including phenoxy) is 1. The Morgan fingerprint density at radius 2 is 1.91 bits per heavy atom. The largest absolute Gasteiger partial charge is 0.483 e. The van der Waals surface area contributed by atoms with Crippen LogP contribution in [0, 0.1) is 6.92 Å². The smallest absolute Gasteiger partial charge is 0.349 e. The van der Waals surface area contributed by atoms with Crippen molar-refractivity contribution >= 4 is 12.4 Å². The van der Waals surface area contributed by atoms with Crippen molar-refractivity contribution in [2.45, 2.75) is 31.8 Å². The van der Waals surface area contributed by atoms with Gasteiger partial charge in [0, 0.05) is 26.1 Å². The number of hydrogen-bond donors (Lipinski definition) is 1. The van der Waals surface area contributed by atoms with E-state index in [9.17, 15) is 9.59 Å². The van der Waals surface area contributed by atoms with Gasteiger partial charge in [0.25, 0.3) is 12.4 Å². The van der Waals surface area contributed by atoms with Gasteiger partial charge >= 0.3 is 5.63 Å². The minimum absolute atomic E-state index is 0.148. The second-order valence-corrected chi connectivity index (χ2v) is 8.40. The van der Waals surface area contributed by atoms with Crippen molar-refractivity contribution in [3.63, 3.8) is 0 Å². The first kappa shape index (κ1) is 23.7.